The van der Waals surface area contributed by atoms with Gasteiger partial charge >= 0.3 is 0 Å². The second-order valence-electron chi connectivity index (χ2n) is 8.12. The molecular weight excluding hydrogens is 442 g/mol. The molecule has 0 aliphatic carbocycles. The number of para-hydroxylation sites is 1. The van der Waals surface area contributed by atoms with Crippen LogP contribution >= 0.6 is 11.3 Å². The van der Waals surface area contributed by atoms with Crippen LogP contribution in [0.4, 0.5) is 0 Å². The molecule has 3 aromatic carbocycles. The van der Waals surface area contributed by atoms with Crippen LogP contribution in [0.15, 0.2) is 71.6 Å². The third-order valence-electron chi connectivity index (χ3n) is 5.33. The predicted molar refractivity (Wildman–Crippen MR) is 129 cm³/mol. The van der Waals surface area contributed by atoms with Gasteiger partial charge < -0.3 is 4.90 Å². The highest BCUT2D eigenvalue weighted by Gasteiger charge is 2.31. The Hall–Kier alpha value is -2.81. The summed E-state index contributed by atoms with van der Waals surface area (Å²) in [5.41, 5.74) is 0.894. The first-order chi connectivity index (χ1) is 15.2. The molecule has 8 heteroatoms. The molecule has 32 heavy (non-hydrogen) atoms. The summed E-state index contributed by atoms with van der Waals surface area (Å²) >= 11 is 1.53. The van der Waals surface area contributed by atoms with Crippen LogP contribution in [0.1, 0.15) is 18.9 Å². The number of carbonyl (C=O) groups is 1. The molecule has 0 saturated carbocycles. The first kappa shape index (κ1) is 22.4. The van der Waals surface area contributed by atoms with Crippen molar-refractivity contribution in [3.05, 3.63) is 71.7 Å². The molecule has 6 nitrogen and oxygen atoms in total. The number of carbonyl (C=O) groups excluding carboxylic acids is 1. The fourth-order valence-corrected chi connectivity index (χ4v) is 5.94. The van der Waals surface area contributed by atoms with Gasteiger partial charge in [0, 0.05) is 7.05 Å². The molecule has 1 atom stereocenters. The van der Waals surface area contributed by atoms with E-state index in [1.165, 1.54) is 16.2 Å². The van der Waals surface area contributed by atoms with Gasteiger partial charge in [-0.25, -0.2) is 13.4 Å². The number of thiazole rings is 1. The molecule has 1 N–H and O–H groups in total. The molecule has 1 aromatic heterocycles. The summed E-state index contributed by atoms with van der Waals surface area (Å²) in [6, 6.07) is 19.5. The van der Waals surface area contributed by atoms with Crippen LogP contribution in [-0.2, 0) is 21.4 Å². The number of nitrogens with zero attached hydrogens (tertiary/aromatic N) is 2. The standard InChI is InChI=1S/C24H25N3O3S2/c1-16(2)23(24(28)27(3)15-22-25-20-10-6-7-11-21(20)31-22)26-32(29,30)19-13-12-17-8-4-5-9-18(17)14-19/h4-14,16,23,26H,15H2,1-3H3. The van der Waals surface area contributed by atoms with E-state index in [1.54, 1.807) is 25.2 Å². The van der Waals surface area contributed by atoms with Crippen LogP contribution in [0, 0.1) is 5.92 Å². The summed E-state index contributed by atoms with van der Waals surface area (Å²) in [4.78, 5) is 19.5. The molecule has 0 aliphatic heterocycles. The molecule has 166 valence electrons. The number of aromatic nitrogens is 1. The van der Waals surface area contributed by atoms with E-state index in [2.05, 4.69) is 9.71 Å². The number of hydrogen-bond donors (Lipinski definition) is 1. The molecule has 1 amide bonds. The van der Waals surface area contributed by atoms with E-state index in [0.717, 1.165) is 26.0 Å². The number of fused-ring (bicyclic) bond motifs is 2. The van der Waals surface area contributed by atoms with Gasteiger partial charge in [-0.1, -0.05) is 56.3 Å². The fourth-order valence-electron chi connectivity index (χ4n) is 3.55. The van der Waals surface area contributed by atoms with Crippen LogP contribution in [0.3, 0.4) is 0 Å². The lowest BCUT2D eigenvalue weighted by Crippen LogP contribution is -2.49. The van der Waals surface area contributed by atoms with Crippen molar-refractivity contribution < 1.29 is 13.2 Å². The molecule has 0 bridgehead atoms. The van der Waals surface area contributed by atoms with Gasteiger partial charge in [0.15, 0.2) is 0 Å². The third kappa shape index (κ3) is 4.67. The van der Waals surface area contributed by atoms with E-state index >= 15 is 0 Å². The van der Waals surface area contributed by atoms with Crippen molar-refractivity contribution in [3.8, 4) is 0 Å². The minimum absolute atomic E-state index is 0.142. The Morgan fingerprint density at radius 2 is 1.72 bits per heavy atom. The van der Waals surface area contributed by atoms with Crippen molar-refractivity contribution in [1.82, 2.24) is 14.6 Å². The van der Waals surface area contributed by atoms with E-state index in [0.29, 0.717) is 6.54 Å². The van der Waals surface area contributed by atoms with E-state index in [1.807, 2.05) is 62.4 Å². The fraction of sp³-hybridized carbons (Fsp3) is 0.250. The lowest BCUT2D eigenvalue weighted by molar-refractivity contribution is -0.133. The molecule has 1 heterocycles. The summed E-state index contributed by atoms with van der Waals surface area (Å²) in [7, 11) is -2.20. The van der Waals surface area contributed by atoms with Crippen LogP contribution in [0.25, 0.3) is 21.0 Å². The largest absolute Gasteiger partial charge is 0.338 e. The molecular formula is C24H25N3O3S2. The zero-order valence-corrected chi connectivity index (χ0v) is 19.8. The first-order valence-electron chi connectivity index (χ1n) is 10.3. The normalized spacial score (nSPS) is 13.0. The Morgan fingerprint density at radius 3 is 2.44 bits per heavy atom. The van der Waals surface area contributed by atoms with Crippen molar-refractivity contribution >= 4 is 48.3 Å². The number of likely N-dealkylation sites (N-methyl/N-ethyl adjacent to an activating group) is 1. The van der Waals surface area contributed by atoms with Gasteiger partial charge in [-0.05, 0) is 41.0 Å². The summed E-state index contributed by atoms with van der Waals surface area (Å²) in [5, 5.41) is 2.59. The Morgan fingerprint density at radius 1 is 1.03 bits per heavy atom. The van der Waals surface area contributed by atoms with Crippen LogP contribution < -0.4 is 4.72 Å². The maximum atomic E-state index is 13.2. The van der Waals surface area contributed by atoms with Gasteiger partial charge in [0.05, 0.1) is 21.7 Å². The van der Waals surface area contributed by atoms with E-state index in [9.17, 15) is 13.2 Å². The van der Waals surface area contributed by atoms with Crippen molar-refractivity contribution in [1.29, 1.82) is 0 Å². The lowest BCUT2D eigenvalue weighted by atomic mass is 10.0. The average Bonchev–Trinajstić information content (AvgIpc) is 3.18. The van der Waals surface area contributed by atoms with Gasteiger partial charge in [-0.15, -0.1) is 11.3 Å². The molecule has 0 spiro atoms. The number of sulfonamides is 1. The summed E-state index contributed by atoms with van der Waals surface area (Å²) in [6.07, 6.45) is 0. The summed E-state index contributed by atoms with van der Waals surface area (Å²) in [6.45, 7) is 3.98. The van der Waals surface area contributed by atoms with E-state index in [-0.39, 0.29) is 16.7 Å². The first-order valence-corrected chi connectivity index (χ1v) is 12.6. The second-order valence-corrected chi connectivity index (χ2v) is 11.0. The van der Waals surface area contributed by atoms with Crippen molar-refractivity contribution in [2.45, 2.75) is 31.3 Å². The molecule has 1 unspecified atom stereocenters. The Bertz CT molecular complexity index is 1350. The van der Waals surface area contributed by atoms with Crippen LogP contribution in [-0.4, -0.2) is 37.3 Å². The number of rotatable bonds is 7. The van der Waals surface area contributed by atoms with Crippen molar-refractivity contribution in [3.63, 3.8) is 0 Å². The highest BCUT2D eigenvalue weighted by molar-refractivity contribution is 7.89. The predicted octanol–water partition coefficient (Wildman–Crippen LogP) is 4.41. The Kier molecular flexibility index (Phi) is 6.28. The number of hydrogen-bond acceptors (Lipinski definition) is 5. The third-order valence-corrected chi connectivity index (χ3v) is 7.79. The van der Waals surface area contributed by atoms with Gasteiger partial charge in [-0.2, -0.15) is 4.72 Å². The van der Waals surface area contributed by atoms with Gasteiger partial charge in [-0.3, -0.25) is 4.79 Å². The maximum Gasteiger partial charge on any atom is 0.241 e. The molecule has 0 aliphatic rings. The molecule has 4 rings (SSSR count). The van der Waals surface area contributed by atoms with Crippen LogP contribution in [0.5, 0.6) is 0 Å². The Balaban J connectivity index is 1.54. The van der Waals surface area contributed by atoms with Gasteiger partial charge in [0.25, 0.3) is 0 Å². The molecule has 0 fully saturated rings. The quantitative estimate of drug-likeness (QED) is 0.437. The lowest BCUT2D eigenvalue weighted by Gasteiger charge is -2.26. The minimum atomic E-state index is -3.88. The highest BCUT2D eigenvalue weighted by atomic mass is 32.2. The van der Waals surface area contributed by atoms with Gasteiger partial charge in [0.2, 0.25) is 15.9 Å². The second kappa shape index (κ2) is 8.97. The molecule has 4 aromatic rings. The number of amides is 1. The SMILES string of the molecule is CC(C)C(NS(=O)(=O)c1ccc2ccccc2c1)C(=O)N(C)Cc1nc2ccccc2s1. The number of benzene rings is 3. The summed E-state index contributed by atoms with van der Waals surface area (Å²) in [5.74, 6) is -0.515. The topological polar surface area (TPSA) is 79.4 Å². The van der Waals surface area contributed by atoms with Crippen molar-refractivity contribution in [2.75, 3.05) is 7.05 Å². The highest BCUT2D eigenvalue weighted by Crippen LogP contribution is 2.23. The zero-order valence-electron chi connectivity index (χ0n) is 18.1. The van der Waals surface area contributed by atoms with E-state index in [4.69, 9.17) is 0 Å². The number of nitrogens with one attached hydrogen (secondary N) is 1. The monoisotopic (exact) mass is 467 g/mol. The minimum Gasteiger partial charge on any atom is -0.338 e. The van der Waals surface area contributed by atoms with Crippen LogP contribution in [0.2, 0.25) is 0 Å². The average molecular weight is 468 g/mol. The van der Waals surface area contributed by atoms with E-state index < -0.39 is 16.1 Å². The smallest absolute Gasteiger partial charge is 0.241 e. The zero-order chi connectivity index (χ0) is 22.9. The van der Waals surface area contributed by atoms with Crippen molar-refractivity contribution in [2.24, 2.45) is 5.92 Å². The Labute approximate surface area is 191 Å². The molecule has 0 radical (unpaired) electrons. The summed E-state index contributed by atoms with van der Waals surface area (Å²) < 4.78 is 29.9. The molecule has 0 saturated heterocycles. The maximum absolute atomic E-state index is 13.2. The van der Waals surface area contributed by atoms with Gasteiger partial charge in [0.1, 0.15) is 11.0 Å².